The number of benzene rings is 1. The topological polar surface area (TPSA) is 92.4 Å². The van der Waals surface area contributed by atoms with Gasteiger partial charge in [0.15, 0.2) is 6.39 Å². The third-order valence-electron chi connectivity index (χ3n) is 2.77. The summed E-state index contributed by atoms with van der Waals surface area (Å²) in [6.07, 6.45) is 3.78. The van der Waals surface area contributed by atoms with Gasteiger partial charge in [-0.05, 0) is 30.2 Å². The van der Waals surface area contributed by atoms with Gasteiger partial charge in [0.2, 0.25) is 5.76 Å². The molecule has 108 valence electrons. The second-order valence-electron chi connectivity index (χ2n) is 4.37. The highest BCUT2D eigenvalue weighted by molar-refractivity contribution is 5.92. The molecule has 2 rings (SSSR count). The third kappa shape index (κ3) is 4.04. The molecule has 0 spiro atoms. The van der Waals surface area contributed by atoms with E-state index in [1.807, 2.05) is 6.07 Å². The Kier molecular flexibility index (Phi) is 4.50. The number of aryl methyl sites for hydroxylation is 1. The fourth-order valence-corrected chi connectivity index (χ4v) is 1.76. The Morgan fingerprint density at radius 2 is 2.24 bits per heavy atom. The first kappa shape index (κ1) is 14.5. The lowest BCUT2D eigenvalue weighted by molar-refractivity contribution is -0.131. The minimum absolute atomic E-state index is 0.192. The Morgan fingerprint density at radius 3 is 2.90 bits per heavy atom. The number of aliphatic carboxylic acids is 1. The highest BCUT2D eigenvalue weighted by atomic mass is 16.4. The molecular weight excluding hydrogens is 272 g/mol. The molecule has 1 aromatic carbocycles. The molecule has 1 aromatic heterocycles. The van der Waals surface area contributed by atoms with E-state index < -0.39 is 5.97 Å². The Morgan fingerprint density at radius 1 is 1.43 bits per heavy atom. The highest BCUT2D eigenvalue weighted by Gasteiger charge is 2.13. The molecule has 0 saturated heterocycles. The van der Waals surface area contributed by atoms with Crippen LogP contribution in [-0.2, 0) is 11.3 Å². The van der Waals surface area contributed by atoms with Crippen LogP contribution in [0.25, 0.3) is 6.08 Å². The van der Waals surface area contributed by atoms with Crippen LogP contribution < -0.4 is 5.32 Å². The number of carbonyl (C=O) groups is 2. The normalized spacial score (nSPS) is 10.7. The van der Waals surface area contributed by atoms with Gasteiger partial charge in [0.1, 0.15) is 0 Å². The standard InChI is InChI=1S/C15H14N2O4/c1-10-14(21-9-17-10)15(20)16-8-12-4-2-3-11(7-12)5-6-13(18)19/h2-7,9H,8H2,1H3,(H,16,20)(H,18,19)/b6-5+. The first-order valence-corrected chi connectivity index (χ1v) is 6.24. The lowest BCUT2D eigenvalue weighted by Gasteiger charge is -2.04. The molecule has 1 amide bonds. The van der Waals surface area contributed by atoms with Crippen molar-refractivity contribution < 1.29 is 19.1 Å². The summed E-state index contributed by atoms with van der Waals surface area (Å²) in [5, 5.41) is 11.3. The van der Waals surface area contributed by atoms with Gasteiger partial charge in [0, 0.05) is 12.6 Å². The number of rotatable bonds is 5. The van der Waals surface area contributed by atoms with Gasteiger partial charge < -0.3 is 14.8 Å². The van der Waals surface area contributed by atoms with E-state index in [4.69, 9.17) is 9.52 Å². The second kappa shape index (κ2) is 6.51. The Labute approximate surface area is 121 Å². The lowest BCUT2D eigenvalue weighted by atomic mass is 10.1. The van der Waals surface area contributed by atoms with Crippen LogP contribution in [0.5, 0.6) is 0 Å². The van der Waals surface area contributed by atoms with Gasteiger partial charge in [-0.15, -0.1) is 0 Å². The number of nitrogens with zero attached hydrogens (tertiary/aromatic N) is 1. The highest BCUT2D eigenvalue weighted by Crippen LogP contribution is 2.09. The van der Waals surface area contributed by atoms with E-state index in [0.29, 0.717) is 12.2 Å². The molecule has 0 aliphatic rings. The van der Waals surface area contributed by atoms with Gasteiger partial charge in [-0.3, -0.25) is 4.79 Å². The summed E-state index contributed by atoms with van der Waals surface area (Å²) < 4.78 is 5.00. The van der Waals surface area contributed by atoms with Crippen molar-refractivity contribution >= 4 is 18.0 Å². The second-order valence-corrected chi connectivity index (χ2v) is 4.37. The molecule has 0 atom stereocenters. The average Bonchev–Trinajstić information content (AvgIpc) is 2.89. The van der Waals surface area contributed by atoms with Crippen LogP contribution in [0.4, 0.5) is 0 Å². The van der Waals surface area contributed by atoms with E-state index in [9.17, 15) is 9.59 Å². The molecule has 6 nitrogen and oxygen atoms in total. The van der Waals surface area contributed by atoms with Crippen LogP contribution in [0.3, 0.4) is 0 Å². The molecule has 2 aromatic rings. The predicted molar refractivity (Wildman–Crippen MR) is 75.5 cm³/mol. The van der Waals surface area contributed by atoms with Crippen molar-refractivity contribution in [1.29, 1.82) is 0 Å². The van der Waals surface area contributed by atoms with Gasteiger partial charge in [-0.2, -0.15) is 0 Å². The summed E-state index contributed by atoms with van der Waals surface area (Å²) in [6, 6.07) is 7.21. The first-order chi connectivity index (χ1) is 10.1. The van der Waals surface area contributed by atoms with E-state index in [1.165, 1.54) is 12.5 Å². The zero-order chi connectivity index (χ0) is 15.2. The molecule has 6 heteroatoms. The molecule has 1 heterocycles. The number of oxazole rings is 1. The smallest absolute Gasteiger partial charge is 0.328 e. The zero-order valence-corrected chi connectivity index (χ0v) is 11.4. The van der Waals surface area contributed by atoms with Crippen LogP contribution in [0.15, 0.2) is 41.2 Å². The molecular formula is C15H14N2O4. The van der Waals surface area contributed by atoms with E-state index in [2.05, 4.69) is 10.3 Å². The summed E-state index contributed by atoms with van der Waals surface area (Å²) in [4.78, 5) is 26.2. The quantitative estimate of drug-likeness (QED) is 0.820. The summed E-state index contributed by atoms with van der Waals surface area (Å²) >= 11 is 0. The van der Waals surface area contributed by atoms with Crippen LogP contribution in [0.2, 0.25) is 0 Å². The molecule has 0 fully saturated rings. The van der Waals surface area contributed by atoms with Crippen LogP contribution in [0.1, 0.15) is 27.4 Å². The molecule has 0 bridgehead atoms. The summed E-state index contributed by atoms with van der Waals surface area (Å²) in [5.74, 6) is -1.15. The molecule has 0 radical (unpaired) electrons. The van der Waals surface area contributed by atoms with Crippen LogP contribution in [-0.4, -0.2) is 22.0 Å². The molecule has 0 aliphatic carbocycles. The van der Waals surface area contributed by atoms with E-state index in [-0.39, 0.29) is 11.7 Å². The average molecular weight is 286 g/mol. The molecule has 0 aliphatic heterocycles. The molecule has 2 N–H and O–H groups in total. The van der Waals surface area contributed by atoms with Crippen molar-refractivity contribution in [2.75, 3.05) is 0 Å². The van der Waals surface area contributed by atoms with E-state index in [1.54, 1.807) is 25.1 Å². The number of carbonyl (C=O) groups excluding carboxylic acids is 1. The maximum absolute atomic E-state index is 11.9. The van der Waals surface area contributed by atoms with Crippen LogP contribution in [0, 0.1) is 6.92 Å². The van der Waals surface area contributed by atoms with Crippen molar-refractivity contribution in [2.24, 2.45) is 0 Å². The Balaban J connectivity index is 2.00. The minimum Gasteiger partial charge on any atom is -0.478 e. The van der Waals surface area contributed by atoms with Gasteiger partial charge in [-0.1, -0.05) is 18.2 Å². The van der Waals surface area contributed by atoms with Gasteiger partial charge in [0.25, 0.3) is 5.91 Å². The zero-order valence-electron chi connectivity index (χ0n) is 11.4. The van der Waals surface area contributed by atoms with Gasteiger partial charge in [-0.25, -0.2) is 9.78 Å². The van der Waals surface area contributed by atoms with Crippen molar-refractivity contribution in [2.45, 2.75) is 13.5 Å². The first-order valence-electron chi connectivity index (χ1n) is 6.24. The Bertz CT molecular complexity index is 688. The van der Waals surface area contributed by atoms with Crippen molar-refractivity contribution in [1.82, 2.24) is 10.3 Å². The third-order valence-corrected chi connectivity index (χ3v) is 2.77. The number of carboxylic acid groups (broad SMARTS) is 1. The number of nitrogens with one attached hydrogen (secondary N) is 1. The molecule has 0 unspecified atom stereocenters. The fraction of sp³-hybridized carbons (Fsp3) is 0.133. The maximum Gasteiger partial charge on any atom is 0.328 e. The summed E-state index contributed by atoms with van der Waals surface area (Å²) in [7, 11) is 0. The van der Waals surface area contributed by atoms with Crippen molar-refractivity contribution in [3.05, 3.63) is 59.3 Å². The number of carboxylic acids is 1. The molecule has 21 heavy (non-hydrogen) atoms. The number of aromatic nitrogens is 1. The maximum atomic E-state index is 11.9. The van der Waals surface area contributed by atoms with Gasteiger partial charge in [0.05, 0.1) is 5.69 Å². The SMILES string of the molecule is Cc1ncoc1C(=O)NCc1cccc(/C=C/C(=O)O)c1. The Hall–Kier alpha value is -2.89. The van der Waals surface area contributed by atoms with Gasteiger partial charge >= 0.3 is 5.97 Å². The number of hydrogen-bond acceptors (Lipinski definition) is 4. The number of amides is 1. The molecule has 0 saturated carbocycles. The monoisotopic (exact) mass is 286 g/mol. The fourth-order valence-electron chi connectivity index (χ4n) is 1.76. The lowest BCUT2D eigenvalue weighted by Crippen LogP contribution is -2.23. The van der Waals surface area contributed by atoms with Crippen LogP contribution >= 0.6 is 0 Å². The van der Waals surface area contributed by atoms with E-state index in [0.717, 1.165) is 17.2 Å². The minimum atomic E-state index is -1.01. The van der Waals surface area contributed by atoms with Crippen molar-refractivity contribution in [3.63, 3.8) is 0 Å². The van der Waals surface area contributed by atoms with Crippen molar-refractivity contribution in [3.8, 4) is 0 Å². The predicted octanol–water partition coefficient (Wildman–Crippen LogP) is 2.01. The number of hydrogen-bond donors (Lipinski definition) is 2. The summed E-state index contributed by atoms with van der Waals surface area (Å²) in [6.45, 7) is 2.00. The largest absolute Gasteiger partial charge is 0.478 e. The van der Waals surface area contributed by atoms with E-state index >= 15 is 0 Å². The summed E-state index contributed by atoms with van der Waals surface area (Å²) in [5.41, 5.74) is 2.14.